The number of pyridine rings is 1. The van der Waals surface area contributed by atoms with Gasteiger partial charge in [-0.3, -0.25) is 4.79 Å². The second-order valence-electron chi connectivity index (χ2n) is 3.26. The number of carbonyl (C=O) groups excluding carboxylic acids is 1. The number of aromatic hydroxyl groups is 1. The van der Waals surface area contributed by atoms with Gasteiger partial charge in [0, 0.05) is 23.3 Å². The van der Waals surface area contributed by atoms with E-state index in [-0.39, 0.29) is 17.4 Å². The molecule has 2 heterocycles. The van der Waals surface area contributed by atoms with Crippen LogP contribution in [0.4, 0.5) is 0 Å². The van der Waals surface area contributed by atoms with Crippen molar-refractivity contribution >= 4 is 27.4 Å². The van der Waals surface area contributed by atoms with Gasteiger partial charge in [-0.15, -0.1) is 0 Å². The zero-order chi connectivity index (χ0) is 11.7. The van der Waals surface area contributed by atoms with E-state index in [1.165, 1.54) is 4.52 Å². The summed E-state index contributed by atoms with van der Waals surface area (Å²) in [5.74, 6) is -0.167. The number of rotatable bonds is 2. The molecule has 0 fully saturated rings. The molecule has 0 atom stereocenters. The highest BCUT2D eigenvalue weighted by Crippen LogP contribution is 2.23. The van der Waals surface area contributed by atoms with Crippen LogP contribution >= 0.6 is 15.9 Å². The maximum Gasteiger partial charge on any atom is 0.271 e. The minimum Gasteiger partial charge on any atom is -0.506 e. The van der Waals surface area contributed by atoms with E-state index < -0.39 is 0 Å². The minimum atomic E-state index is -0.248. The topological polar surface area (TPSA) is 66.6 Å². The molecule has 0 radical (unpaired) electrons. The summed E-state index contributed by atoms with van der Waals surface area (Å²) >= 11 is 3.24. The van der Waals surface area contributed by atoms with Crippen molar-refractivity contribution in [1.29, 1.82) is 0 Å². The number of fused-ring (bicyclic) bond motifs is 1. The molecule has 0 aliphatic carbocycles. The van der Waals surface area contributed by atoms with E-state index in [1.54, 1.807) is 18.3 Å². The molecule has 0 spiro atoms. The van der Waals surface area contributed by atoms with Crippen LogP contribution in [0.5, 0.6) is 5.75 Å². The van der Waals surface area contributed by atoms with Crippen LogP contribution in [-0.4, -0.2) is 27.2 Å². The van der Waals surface area contributed by atoms with Gasteiger partial charge in [0.15, 0.2) is 5.69 Å². The summed E-state index contributed by atoms with van der Waals surface area (Å²) in [5, 5.41) is 16.4. The molecule has 16 heavy (non-hydrogen) atoms. The summed E-state index contributed by atoms with van der Waals surface area (Å²) in [5.41, 5.74) is 0.791. The number of amides is 1. The molecule has 2 rings (SSSR count). The second-order valence-corrected chi connectivity index (χ2v) is 4.18. The summed E-state index contributed by atoms with van der Waals surface area (Å²) < 4.78 is 2.16. The Morgan fingerprint density at radius 2 is 2.38 bits per heavy atom. The molecule has 2 N–H and O–H groups in total. The van der Waals surface area contributed by atoms with Gasteiger partial charge in [-0.05, 0) is 28.9 Å². The normalized spacial score (nSPS) is 10.6. The summed E-state index contributed by atoms with van der Waals surface area (Å²) in [6.07, 6.45) is 1.68. The van der Waals surface area contributed by atoms with E-state index in [0.29, 0.717) is 16.5 Å². The maximum absolute atomic E-state index is 11.5. The third-order valence-corrected chi connectivity index (χ3v) is 2.52. The summed E-state index contributed by atoms with van der Waals surface area (Å²) in [6.45, 7) is 2.38. The first-order valence-corrected chi connectivity index (χ1v) is 5.57. The van der Waals surface area contributed by atoms with Crippen LogP contribution in [0, 0.1) is 0 Å². The number of nitrogens with one attached hydrogen (secondary N) is 1. The van der Waals surface area contributed by atoms with Gasteiger partial charge < -0.3 is 10.4 Å². The Balaban J connectivity index is 2.51. The Bertz CT molecular complexity index is 550. The van der Waals surface area contributed by atoms with Crippen molar-refractivity contribution in [2.24, 2.45) is 0 Å². The van der Waals surface area contributed by atoms with E-state index >= 15 is 0 Å². The molecule has 84 valence electrons. The zero-order valence-corrected chi connectivity index (χ0v) is 10.2. The molecule has 0 aromatic carbocycles. The van der Waals surface area contributed by atoms with Crippen LogP contribution in [0.25, 0.3) is 5.52 Å². The number of nitrogens with zero attached hydrogens (tertiary/aromatic N) is 2. The van der Waals surface area contributed by atoms with E-state index in [0.717, 1.165) is 0 Å². The SMILES string of the molecule is CCNC(=O)c1cc2c(O)cc(Br)cn2n1. The highest BCUT2D eigenvalue weighted by molar-refractivity contribution is 9.10. The molecule has 1 amide bonds. The van der Waals surface area contributed by atoms with E-state index in [9.17, 15) is 9.90 Å². The molecule has 2 aromatic rings. The van der Waals surface area contributed by atoms with Gasteiger partial charge in [0.05, 0.1) is 0 Å². The Hall–Kier alpha value is -1.56. The van der Waals surface area contributed by atoms with Crippen LogP contribution in [0.15, 0.2) is 22.8 Å². The van der Waals surface area contributed by atoms with E-state index in [4.69, 9.17) is 0 Å². The molecule has 0 bridgehead atoms. The van der Waals surface area contributed by atoms with Gasteiger partial charge >= 0.3 is 0 Å². The maximum atomic E-state index is 11.5. The monoisotopic (exact) mass is 283 g/mol. The van der Waals surface area contributed by atoms with Gasteiger partial charge in [0.25, 0.3) is 5.91 Å². The fraction of sp³-hybridized carbons (Fsp3) is 0.200. The fourth-order valence-electron chi connectivity index (χ4n) is 1.40. The average Bonchev–Trinajstić information content (AvgIpc) is 2.62. The van der Waals surface area contributed by atoms with Crippen LogP contribution in [0.3, 0.4) is 0 Å². The van der Waals surface area contributed by atoms with Crippen molar-refractivity contribution in [3.63, 3.8) is 0 Å². The number of hydrogen-bond donors (Lipinski definition) is 2. The fourth-order valence-corrected chi connectivity index (χ4v) is 1.82. The predicted octanol–water partition coefficient (Wildman–Crippen LogP) is 1.55. The lowest BCUT2D eigenvalue weighted by molar-refractivity contribution is 0.0950. The highest BCUT2D eigenvalue weighted by Gasteiger charge is 2.12. The second kappa shape index (κ2) is 4.13. The van der Waals surface area contributed by atoms with Crippen LogP contribution in [-0.2, 0) is 0 Å². The van der Waals surface area contributed by atoms with E-state index in [1.807, 2.05) is 6.92 Å². The van der Waals surface area contributed by atoms with Crippen molar-refractivity contribution in [3.8, 4) is 5.75 Å². The Labute approximate surface area is 100 Å². The standard InChI is InChI=1S/C10H10BrN3O2/c1-2-12-10(16)7-4-8-9(15)3-6(11)5-14(8)13-7/h3-5,15H,2H2,1H3,(H,12,16). The van der Waals surface area contributed by atoms with Crippen molar-refractivity contribution in [2.75, 3.05) is 6.54 Å². The molecular formula is C10H10BrN3O2. The Kier molecular flexibility index (Phi) is 2.82. The third kappa shape index (κ3) is 1.88. The van der Waals surface area contributed by atoms with Gasteiger partial charge in [0.2, 0.25) is 0 Å². The molecule has 0 unspecified atom stereocenters. The number of carbonyl (C=O) groups is 1. The van der Waals surface area contributed by atoms with Crippen molar-refractivity contribution < 1.29 is 9.90 Å². The summed E-state index contributed by atoms with van der Waals surface area (Å²) in [4.78, 5) is 11.5. The lowest BCUT2D eigenvalue weighted by atomic mass is 10.3. The van der Waals surface area contributed by atoms with Crippen molar-refractivity contribution in [1.82, 2.24) is 14.9 Å². The quantitative estimate of drug-likeness (QED) is 0.879. The lowest BCUT2D eigenvalue weighted by Crippen LogP contribution is -2.23. The number of aromatic nitrogens is 2. The average molecular weight is 284 g/mol. The van der Waals surface area contributed by atoms with Gasteiger partial charge in [-0.25, -0.2) is 4.52 Å². The van der Waals surface area contributed by atoms with Crippen molar-refractivity contribution in [2.45, 2.75) is 6.92 Å². The molecule has 0 saturated heterocycles. The molecule has 0 aliphatic rings. The largest absolute Gasteiger partial charge is 0.506 e. The van der Waals surface area contributed by atoms with Gasteiger partial charge in [0.1, 0.15) is 11.3 Å². The van der Waals surface area contributed by atoms with Gasteiger partial charge in [-0.1, -0.05) is 0 Å². The van der Waals surface area contributed by atoms with Crippen LogP contribution in [0.2, 0.25) is 0 Å². The Morgan fingerprint density at radius 1 is 1.62 bits per heavy atom. The highest BCUT2D eigenvalue weighted by atomic mass is 79.9. The molecule has 6 heteroatoms. The van der Waals surface area contributed by atoms with Crippen molar-refractivity contribution in [3.05, 3.63) is 28.5 Å². The Morgan fingerprint density at radius 3 is 3.06 bits per heavy atom. The first kappa shape index (κ1) is 10.9. The minimum absolute atomic E-state index is 0.0809. The zero-order valence-electron chi connectivity index (χ0n) is 8.57. The summed E-state index contributed by atoms with van der Waals surface area (Å²) in [6, 6.07) is 3.10. The number of hydrogen-bond acceptors (Lipinski definition) is 3. The lowest BCUT2D eigenvalue weighted by Gasteiger charge is -1.97. The van der Waals surface area contributed by atoms with Gasteiger partial charge in [-0.2, -0.15) is 5.10 Å². The molecule has 5 nitrogen and oxygen atoms in total. The first-order valence-electron chi connectivity index (χ1n) is 4.78. The smallest absolute Gasteiger partial charge is 0.271 e. The van der Waals surface area contributed by atoms with Crippen LogP contribution < -0.4 is 5.32 Å². The first-order chi connectivity index (χ1) is 7.61. The van der Waals surface area contributed by atoms with Crippen LogP contribution in [0.1, 0.15) is 17.4 Å². The molecule has 2 aromatic heterocycles. The molecular weight excluding hydrogens is 274 g/mol. The third-order valence-electron chi connectivity index (χ3n) is 2.09. The molecule has 0 saturated carbocycles. The van der Waals surface area contributed by atoms with E-state index in [2.05, 4.69) is 26.3 Å². The predicted molar refractivity (Wildman–Crippen MR) is 62.6 cm³/mol. The summed E-state index contributed by atoms with van der Waals surface area (Å²) in [7, 11) is 0. The molecule has 0 aliphatic heterocycles. The number of halogens is 1.